The highest BCUT2D eigenvalue weighted by atomic mass is 19.1. The van der Waals surface area contributed by atoms with Crippen molar-refractivity contribution in [2.24, 2.45) is 0 Å². The van der Waals surface area contributed by atoms with Gasteiger partial charge in [0.15, 0.2) is 5.78 Å². The molecule has 0 aliphatic rings. The fraction of sp³-hybridized carbons (Fsp3) is 0.235. The van der Waals surface area contributed by atoms with Crippen LogP contribution in [-0.2, 0) is 6.42 Å². The molecule has 2 aromatic rings. The Morgan fingerprint density at radius 2 is 1.95 bits per heavy atom. The van der Waals surface area contributed by atoms with Gasteiger partial charge in [-0.1, -0.05) is 29.8 Å². The molecular weight excluding hydrogens is 255 g/mol. The summed E-state index contributed by atoms with van der Waals surface area (Å²) in [4.78, 5) is 12.4. The topological polar surface area (TPSA) is 26.3 Å². The lowest BCUT2D eigenvalue weighted by Crippen LogP contribution is -2.09. The predicted octanol–water partition coefficient (Wildman–Crippen LogP) is 3.88. The second-order valence-electron chi connectivity index (χ2n) is 4.85. The van der Waals surface area contributed by atoms with E-state index in [0.717, 1.165) is 16.7 Å². The van der Waals surface area contributed by atoms with Crippen molar-refractivity contribution >= 4 is 5.78 Å². The molecule has 2 aromatic carbocycles. The van der Waals surface area contributed by atoms with Gasteiger partial charge in [-0.05, 0) is 37.1 Å². The van der Waals surface area contributed by atoms with Crippen LogP contribution in [0.4, 0.5) is 4.39 Å². The van der Waals surface area contributed by atoms with Gasteiger partial charge in [-0.25, -0.2) is 4.39 Å². The summed E-state index contributed by atoms with van der Waals surface area (Å²) in [6, 6.07) is 10.3. The normalized spacial score (nSPS) is 10.4. The first-order chi connectivity index (χ1) is 9.52. The zero-order chi connectivity index (χ0) is 14.7. The van der Waals surface area contributed by atoms with Gasteiger partial charge in [-0.2, -0.15) is 0 Å². The highest BCUT2D eigenvalue weighted by Crippen LogP contribution is 2.24. The van der Waals surface area contributed by atoms with Gasteiger partial charge in [-0.15, -0.1) is 0 Å². The molecule has 2 nitrogen and oxygen atoms in total. The first-order valence-corrected chi connectivity index (χ1v) is 6.44. The summed E-state index contributed by atoms with van der Waals surface area (Å²) in [6.07, 6.45) is 0.171. The van der Waals surface area contributed by atoms with Crippen molar-refractivity contribution in [3.8, 4) is 5.75 Å². The molecule has 0 unspecified atom stereocenters. The van der Waals surface area contributed by atoms with Gasteiger partial charge in [0.1, 0.15) is 11.6 Å². The number of methoxy groups -OCH3 is 1. The van der Waals surface area contributed by atoms with Crippen molar-refractivity contribution in [3.63, 3.8) is 0 Å². The number of ketones is 1. The molecule has 0 saturated carbocycles. The Hall–Kier alpha value is -2.16. The van der Waals surface area contributed by atoms with Crippen LogP contribution in [0, 0.1) is 19.7 Å². The summed E-state index contributed by atoms with van der Waals surface area (Å²) >= 11 is 0. The van der Waals surface area contributed by atoms with Crippen LogP contribution in [0.1, 0.15) is 27.0 Å². The Labute approximate surface area is 118 Å². The zero-order valence-corrected chi connectivity index (χ0v) is 11.9. The number of Topliss-reactive ketones (excluding diaryl/α,β-unsaturated/α-hetero) is 1. The summed E-state index contributed by atoms with van der Waals surface area (Å²) in [6.45, 7) is 3.91. The number of ether oxygens (including phenoxy) is 1. The van der Waals surface area contributed by atoms with Gasteiger partial charge in [-0.3, -0.25) is 4.79 Å². The third-order valence-corrected chi connectivity index (χ3v) is 3.33. The molecule has 0 saturated heterocycles. The van der Waals surface area contributed by atoms with E-state index < -0.39 is 5.82 Å². The van der Waals surface area contributed by atoms with Crippen LogP contribution in [0.3, 0.4) is 0 Å². The Morgan fingerprint density at radius 1 is 1.20 bits per heavy atom. The van der Waals surface area contributed by atoms with Gasteiger partial charge >= 0.3 is 0 Å². The number of rotatable bonds is 4. The lowest BCUT2D eigenvalue weighted by Gasteiger charge is -2.10. The van der Waals surface area contributed by atoms with E-state index in [9.17, 15) is 9.18 Å². The zero-order valence-electron chi connectivity index (χ0n) is 11.9. The summed E-state index contributed by atoms with van der Waals surface area (Å²) in [5, 5.41) is 0. The number of benzene rings is 2. The Kier molecular flexibility index (Phi) is 4.18. The number of carbonyl (C=O) groups is 1. The van der Waals surface area contributed by atoms with Crippen LogP contribution in [0.2, 0.25) is 0 Å². The molecule has 0 aliphatic carbocycles. The summed E-state index contributed by atoms with van der Waals surface area (Å²) in [5.74, 6) is -0.534. The van der Waals surface area contributed by atoms with Crippen LogP contribution < -0.4 is 4.74 Å². The van der Waals surface area contributed by atoms with E-state index in [1.807, 2.05) is 32.0 Å². The van der Waals surface area contributed by atoms with Crippen LogP contribution in [-0.4, -0.2) is 12.9 Å². The van der Waals surface area contributed by atoms with Gasteiger partial charge in [0.05, 0.1) is 12.7 Å². The maximum absolute atomic E-state index is 13.9. The molecule has 0 fully saturated rings. The minimum Gasteiger partial charge on any atom is -0.496 e. The lowest BCUT2D eigenvalue weighted by molar-refractivity contribution is 0.0985. The molecule has 0 spiro atoms. The molecule has 0 radical (unpaired) electrons. The Morgan fingerprint density at radius 3 is 2.65 bits per heavy atom. The maximum Gasteiger partial charge on any atom is 0.173 e. The summed E-state index contributed by atoms with van der Waals surface area (Å²) in [7, 11) is 1.43. The predicted molar refractivity (Wildman–Crippen MR) is 76.9 cm³/mol. The van der Waals surface area contributed by atoms with E-state index in [-0.39, 0.29) is 23.5 Å². The van der Waals surface area contributed by atoms with E-state index in [2.05, 4.69) is 0 Å². The van der Waals surface area contributed by atoms with E-state index in [1.54, 1.807) is 6.07 Å². The molecule has 3 heteroatoms. The van der Waals surface area contributed by atoms with Crippen molar-refractivity contribution in [1.82, 2.24) is 0 Å². The van der Waals surface area contributed by atoms with E-state index in [1.165, 1.54) is 19.2 Å². The molecule has 104 valence electrons. The SMILES string of the molecule is COc1cccc(F)c1C(=O)Cc1cc(C)ccc1C. The van der Waals surface area contributed by atoms with Crippen LogP contribution in [0.15, 0.2) is 36.4 Å². The molecule has 0 N–H and O–H groups in total. The van der Waals surface area contributed by atoms with Gasteiger partial charge in [0.25, 0.3) is 0 Å². The van der Waals surface area contributed by atoms with E-state index in [4.69, 9.17) is 4.74 Å². The molecule has 0 amide bonds. The largest absolute Gasteiger partial charge is 0.496 e. The fourth-order valence-electron chi connectivity index (χ4n) is 2.20. The fourth-order valence-corrected chi connectivity index (χ4v) is 2.20. The van der Waals surface area contributed by atoms with E-state index >= 15 is 0 Å². The van der Waals surface area contributed by atoms with Crippen molar-refractivity contribution in [3.05, 3.63) is 64.5 Å². The highest BCUT2D eigenvalue weighted by Gasteiger charge is 2.18. The number of carbonyl (C=O) groups excluding carboxylic acids is 1. The van der Waals surface area contributed by atoms with Gasteiger partial charge < -0.3 is 4.74 Å². The Balaban J connectivity index is 2.36. The third-order valence-electron chi connectivity index (χ3n) is 3.33. The van der Waals surface area contributed by atoms with Gasteiger partial charge in [0.2, 0.25) is 0 Å². The molecule has 0 heterocycles. The third kappa shape index (κ3) is 2.87. The first-order valence-electron chi connectivity index (χ1n) is 6.44. The second kappa shape index (κ2) is 5.87. The second-order valence-corrected chi connectivity index (χ2v) is 4.85. The van der Waals surface area contributed by atoms with Crippen molar-refractivity contribution in [2.45, 2.75) is 20.3 Å². The number of halogens is 1. The lowest BCUT2D eigenvalue weighted by atomic mass is 9.97. The van der Waals surface area contributed by atoms with E-state index in [0.29, 0.717) is 0 Å². The van der Waals surface area contributed by atoms with Crippen molar-refractivity contribution in [1.29, 1.82) is 0 Å². The Bertz CT molecular complexity index is 647. The summed E-state index contributed by atoms with van der Waals surface area (Å²) < 4.78 is 18.9. The standard InChI is InChI=1S/C17H17FO2/c1-11-7-8-12(2)13(9-11)10-15(19)17-14(18)5-4-6-16(17)20-3/h4-9H,10H2,1-3H3. The number of hydrogen-bond donors (Lipinski definition) is 0. The highest BCUT2D eigenvalue weighted by molar-refractivity contribution is 6.00. The molecule has 0 bridgehead atoms. The minimum absolute atomic E-state index is 0.0240. The minimum atomic E-state index is -0.542. The van der Waals surface area contributed by atoms with Crippen LogP contribution in [0.5, 0.6) is 5.75 Å². The molecular formula is C17H17FO2. The van der Waals surface area contributed by atoms with Crippen molar-refractivity contribution < 1.29 is 13.9 Å². The quantitative estimate of drug-likeness (QED) is 0.790. The average molecular weight is 272 g/mol. The van der Waals surface area contributed by atoms with Crippen LogP contribution in [0.25, 0.3) is 0 Å². The average Bonchev–Trinajstić information content (AvgIpc) is 2.42. The molecule has 20 heavy (non-hydrogen) atoms. The first kappa shape index (κ1) is 14.3. The molecule has 0 atom stereocenters. The molecule has 0 aromatic heterocycles. The smallest absolute Gasteiger partial charge is 0.173 e. The van der Waals surface area contributed by atoms with Crippen LogP contribution >= 0.6 is 0 Å². The summed E-state index contributed by atoms with van der Waals surface area (Å²) in [5.41, 5.74) is 3.05. The van der Waals surface area contributed by atoms with Gasteiger partial charge in [0, 0.05) is 6.42 Å². The molecule has 0 aliphatic heterocycles. The number of aryl methyl sites for hydroxylation is 2. The monoisotopic (exact) mass is 272 g/mol. The van der Waals surface area contributed by atoms with Crippen molar-refractivity contribution in [2.75, 3.05) is 7.11 Å². The number of hydrogen-bond acceptors (Lipinski definition) is 2. The molecule has 2 rings (SSSR count). The maximum atomic E-state index is 13.9.